The van der Waals surface area contributed by atoms with Gasteiger partial charge in [-0.05, 0) is 48.4 Å². The Balaban J connectivity index is 1.66. The molecule has 2 aromatic carbocycles. The highest BCUT2D eigenvalue weighted by Gasteiger charge is 2.23. The maximum atomic E-state index is 12.7. The Morgan fingerprint density at radius 2 is 1.72 bits per heavy atom. The number of rotatable bonds is 9. The van der Waals surface area contributed by atoms with Crippen LogP contribution in [0.1, 0.15) is 35.3 Å². The summed E-state index contributed by atoms with van der Waals surface area (Å²) >= 11 is 0. The summed E-state index contributed by atoms with van der Waals surface area (Å²) in [4.78, 5) is 15.0. The van der Waals surface area contributed by atoms with Crippen molar-refractivity contribution in [2.45, 2.75) is 19.4 Å². The molecule has 1 aliphatic heterocycles. The Hall–Kier alpha value is -2.57. The molecule has 1 aliphatic rings. The van der Waals surface area contributed by atoms with Crippen molar-refractivity contribution in [2.24, 2.45) is 0 Å². The summed E-state index contributed by atoms with van der Waals surface area (Å²) in [6, 6.07) is 15.4. The molecule has 0 spiro atoms. The number of hydrogen-bond acceptors (Lipinski definition) is 5. The molecule has 3 rings (SSSR count). The van der Waals surface area contributed by atoms with Gasteiger partial charge in [-0.1, -0.05) is 19.1 Å². The Morgan fingerprint density at radius 1 is 1.07 bits per heavy atom. The smallest absolute Gasteiger partial charge is 0.251 e. The van der Waals surface area contributed by atoms with E-state index >= 15 is 0 Å². The lowest BCUT2D eigenvalue weighted by molar-refractivity contribution is 0.0162. The van der Waals surface area contributed by atoms with Crippen molar-refractivity contribution < 1.29 is 19.0 Å². The number of hydrogen-bond donors (Lipinski definition) is 1. The molecule has 1 atom stereocenters. The minimum absolute atomic E-state index is 0.0842. The summed E-state index contributed by atoms with van der Waals surface area (Å²) in [6.07, 6.45) is 0.955. The van der Waals surface area contributed by atoms with Crippen LogP contribution in [-0.2, 0) is 4.74 Å². The SMILES string of the molecule is CCCOc1ccc(C(=O)NC[C@@H](c2ccc(OC)cc2)N2CCOCC2)cc1. The Kier molecular flexibility index (Phi) is 7.90. The van der Waals surface area contributed by atoms with Gasteiger partial charge in [0.25, 0.3) is 5.91 Å². The summed E-state index contributed by atoms with van der Waals surface area (Å²) in [7, 11) is 1.66. The average molecular weight is 399 g/mol. The third-order valence-corrected chi connectivity index (χ3v) is 5.03. The molecule has 0 unspecified atom stereocenters. The molecule has 29 heavy (non-hydrogen) atoms. The molecule has 0 aliphatic carbocycles. The molecular weight excluding hydrogens is 368 g/mol. The van der Waals surface area contributed by atoms with Gasteiger partial charge in [-0.15, -0.1) is 0 Å². The first kappa shape index (κ1) is 21.1. The van der Waals surface area contributed by atoms with E-state index in [1.54, 1.807) is 19.2 Å². The molecular formula is C23H30N2O4. The monoisotopic (exact) mass is 398 g/mol. The minimum atomic E-state index is -0.0844. The number of amides is 1. The van der Waals surface area contributed by atoms with Crippen molar-refractivity contribution in [1.29, 1.82) is 0 Å². The van der Waals surface area contributed by atoms with Gasteiger partial charge in [-0.25, -0.2) is 0 Å². The normalized spacial score (nSPS) is 15.5. The fraction of sp³-hybridized carbons (Fsp3) is 0.435. The van der Waals surface area contributed by atoms with Gasteiger partial charge in [0.15, 0.2) is 0 Å². The van der Waals surface area contributed by atoms with Crippen molar-refractivity contribution in [1.82, 2.24) is 10.2 Å². The first-order valence-corrected chi connectivity index (χ1v) is 10.2. The molecule has 156 valence electrons. The van der Waals surface area contributed by atoms with Gasteiger partial charge in [0.05, 0.1) is 33.0 Å². The zero-order valence-corrected chi connectivity index (χ0v) is 17.2. The van der Waals surface area contributed by atoms with Crippen molar-refractivity contribution >= 4 is 5.91 Å². The van der Waals surface area contributed by atoms with Crippen molar-refractivity contribution in [3.05, 3.63) is 59.7 Å². The lowest BCUT2D eigenvalue weighted by Gasteiger charge is -2.35. The molecule has 1 N–H and O–H groups in total. The van der Waals surface area contributed by atoms with Crippen LogP contribution in [0, 0.1) is 0 Å². The maximum Gasteiger partial charge on any atom is 0.251 e. The molecule has 6 nitrogen and oxygen atoms in total. The molecule has 2 aromatic rings. The van der Waals surface area contributed by atoms with Gasteiger partial charge in [-0.2, -0.15) is 0 Å². The van der Waals surface area contributed by atoms with Gasteiger partial charge in [0, 0.05) is 25.2 Å². The quantitative estimate of drug-likeness (QED) is 0.702. The van der Waals surface area contributed by atoms with Crippen LogP contribution in [0.2, 0.25) is 0 Å². The molecule has 0 aromatic heterocycles. The fourth-order valence-corrected chi connectivity index (χ4v) is 3.39. The summed E-state index contributed by atoms with van der Waals surface area (Å²) in [5, 5.41) is 3.09. The van der Waals surface area contributed by atoms with Gasteiger partial charge >= 0.3 is 0 Å². The third kappa shape index (κ3) is 5.95. The van der Waals surface area contributed by atoms with E-state index in [2.05, 4.69) is 29.3 Å². The van der Waals surface area contributed by atoms with Crippen molar-refractivity contribution in [2.75, 3.05) is 46.6 Å². The van der Waals surface area contributed by atoms with Gasteiger partial charge in [0.1, 0.15) is 11.5 Å². The molecule has 1 saturated heterocycles. The van der Waals surface area contributed by atoms with Crippen LogP contribution in [0.15, 0.2) is 48.5 Å². The Morgan fingerprint density at radius 3 is 2.34 bits per heavy atom. The molecule has 6 heteroatoms. The highest BCUT2D eigenvalue weighted by molar-refractivity contribution is 5.94. The van der Waals surface area contributed by atoms with Gasteiger partial charge in [0.2, 0.25) is 0 Å². The summed E-state index contributed by atoms with van der Waals surface area (Å²) in [5.74, 6) is 1.52. The van der Waals surface area contributed by atoms with E-state index in [1.807, 2.05) is 24.3 Å². The van der Waals surface area contributed by atoms with E-state index in [-0.39, 0.29) is 11.9 Å². The van der Waals surface area contributed by atoms with E-state index in [9.17, 15) is 4.79 Å². The highest BCUT2D eigenvalue weighted by Crippen LogP contribution is 2.24. The largest absolute Gasteiger partial charge is 0.497 e. The van der Waals surface area contributed by atoms with Crippen molar-refractivity contribution in [3.8, 4) is 11.5 Å². The summed E-state index contributed by atoms with van der Waals surface area (Å²) in [6.45, 7) is 6.37. The number of morpholine rings is 1. The number of nitrogens with one attached hydrogen (secondary N) is 1. The van der Waals surface area contributed by atoms with Crippen LogP contribution >= 0.6 is 0 Å². The minimum Gasteiger partial charge on any atom is -0.497 e. The maximum absolute atomic E-state index is 12.7. The third-order valence-electron chi connectivity index (χ3n) is 5.03. The summed E-state index contributed by atoms with van der Waals surface area (Å²) < 4.78 is 16.4. The van der Waals surface area contributed by atoms with Crippen molar-refractivity contribution in [3.63, 3.8) is 0 Å². The Bertz CT molecular complexity index is 755. The van der Waals surface area contributed by atoms with E-state index in [0.717, 1.165) is 36.6 Å². The van der Waals surface area contributed by atoms with Crippen LogP contribution in [0.4, 0.5) is 0 Å². The first-order chi connectivity index (χ1) is 14.2. The number of ether oxygens (including phenoxy) is 3. The molecule has 1 heterocycles. The topological polar surface area (TPSA) is 60.0 Å². The molecule has 0 bridgehead atoms. The predicted molar refractivity (Wildman–Crippen MR) is 113 cm³/mol. The fourth-order valence-electron chi connectivity index (χ4n) is 3.39. The second-order valence-electron chi connectivity index (χ2n) is 7.02. The van der Waals surface area contributed by atoms with Gasteiger partial charge in [-0.3, -0.25) is 9.69 Å². The Labute approximate surface area is 172 Å². The second kappa shape index (κ2) is 10.8. The standard InChI is InChI=1S/C23H30N2O4/c1-3-14-29-21-10-6-19(7-11-21)23(26)24-17-22(25-12-15-28-16-13-25)18-4-8-20(27-2)9-5-18/h4-11,22H,3,12-17H2,1-2H3,(H,24,26)/t22-/m0/s1. The van der Waals surface area contributed by atoms with Crippen LogP contribution in [0.3, 0.4) is 0 Å². The number of benzene rings is 2. The predicted octanol–water partition coefficient (Wildman–Crippen LogP) is 3.29. The zero-order chi connectivity index (χ0) is 20.5. The second-order valence-corrected chi connectivity index (χ2v) is 7.02. The first-order valence-electron chi connectivity index (χ1n) is 10.2. The lowest BCUT2D eigenvalue weighted by atomic mass is 10.0. The molecule has 1 fully saturated rings. The van der Waals surface area contributed by atoms with E-state index in [4.69, 9.17) is 14.2 Å². The lowest BCUT2D eigenvalue weighted by Crippen LogP contribution is -2.43. The van der Waals surface area contributed by atoms with Gasteiger partial charge < -0.3 is 19.5 Å². The molecule has 1 amide bonds. The number of carbonyl (C=O) groups excluding carboxylic acids is 1. The van der Waals surface area contributed by atoms with Crippen LogP contribution < -0.4 is 14.8 Å². The summed E-state index contributed by atoms with van der Waals surface area (Å²) in [5.41, 5.74) is 1.78. The average Bonchev–Trinajstić information content (AvgIpc) is 2.79. The highest BCUT2D eigenvalue weighted by atomic mass is 16.5. The van der Waals surface area contributed by atoms with Crippen LogP contribution in [-0.4, -0.2) is 57.4 Å². The number of methoxy groups -OCH3 is 1. The molecule has 0 radical (unpaired) electrons. The zero-order valence-electron chi connectivity index (χ0n) is 17.2. The van der Waals surface area contributed by atoms with E-state index in [0.29, 0.717) is 31.9 Å². The van der Waals surface area contributed by atoms with E-state index in [1.165, 1.54) is 0 Å². The van der Waals surface area contributed by atoms with Crippen LogP contribution in [0.25, 0.3) is 0 Å². The van der Waals surface area contributed by atoms with Crippen LogP contribution in [0.5, 0.6) is 11.5 Å². The number of nitrogens with zero attached hydrogens (tertiary/aromatic N) is 1. The molecule has 0 saturated carbocycles. The van der Waals surface area contributed by atoms with E-state index < -0.39 is 0 Å². The number of carbonyl (C=O) groups is 1.